The molecule has 2 aliphatic rings. The fraction of sp³-hybridized carbons (Fsp3) is 0.450. The SMILES string of the molecule is COc1cc(NC(=O)[C@H]2CNC[C@@H]2c2cnn(C)c2)ccc1N1CCCC1=O.Cl. The maximum Gasteiger partial charge on any atom is 0.229 e. The number of carbonyl (C=O) groups excluding carboxylic acids is 2. The van der Waals surface area contributed by atoms with Gasteiger partial charge in [-0.1, -0.05) is 0 Å². The van der Waals surface area contributed by atoms with Crippen molar-refractivity contribution >= 4 is 35.6 Å². The molecule has 0 spiro atoms. The van der Waals surface area contributed by atoms with Crippen LogP contribution in [0.5, 0.6) is 5.75 Å². The van der Waals surface area contributed by atoms with Gasteiger partial charge in [-0.15, -0.1) is 12.4 Å². The van der Waals surface area contributed by atoms with Gasteiger partial charge in [0.25, 0.3) is 0 Å². The zero-order valence-corrected chi connectivity index (χ0v) is 17.4. The third kappa shape index (κ3) is 4.23. The smallest absolute Gasteiger partial charge is 0.229 e. The summed E-state index contributed by atoms with van der Waals surface area (Å²) >= 11 is 0. The highest BCUT2D eigenvalue weighted by atomic mass is 35.5. The average molecular weight is 420 g/mol. The fourth-order valence-electron chi connectivity index (χ4n) is 4.05. The second-order valence-corrected chi connectivity index (χ2v) is 7.34. The Bertz CT molecular complexity index is 900. The number of ether oxygens (including phenoxy) is 1. The number of benzene rings is 1. The van der Waals surface area contributed by atoms with Gasteiger partial charge in [-0.3, -0.25) is 14.3 Å². The van der Waals surface area contributed by atoms with Gasteiger partial charge in [0.1, 0.15) is 5.75 Å². The van der Waals surface area contributed by atoms with Crippen LogP contribution in [0.25, 0.3) is 0 Å². The Labute approximate surface area is 176 Å². The van der Waals surface area contributed by atoms with Crippen molar-refractivity contribution in [3.8, 4) is 5.75 Å². The summed E-state index contributed by atoms with van der Waals surface area (Å²) in [4.78, 5) is 26.7. The van der Waals surface area contributed by atoms with Crippen molar-refractivity contribution in [1.29, 1.82) is 0 Å². The maximum absolute atomic E-state index is 12.9. The van der Waals surface area contributed by atoms with Crippen LogP contribution in [0.1, 0.15) is 24.3 Å². The third-order valence-corrected chi connectivity index (χ3v) is 5.52. The van der Waals surface area contributed by atoms with Gasteiger partial charge < -0.3 is 20.3 Å². The van der Waals surface area contributed by atoms with Crippen LogP contribution in [-0.4, -0.2) is 48.3 Å². The molecule has 2 fully saturated rings. The van der Waals surface area contributed by atoms with Crippen LogP contribution >= 0.6 is 12.4 Å². The molecule has 2 saturated heterocycles. The zero-order valence-electron chi connectivity index (χ0n) is 16.6. The van der Waals surface area contributed by atoms with Crippen molar-refractivity contribution < 1.29 is 14.3 Å². The quantitative estimate of drug-likeness (QED) is 0.773. The molecule has 156 valence electrons. The molecule has 2 N–H and O–H groups in total. The molecule has 8 nitrogen and oxygen atoms in total. The van der Waals surface area contributed by atoms with Gasteiger partial charge in [0.15, 0.2) is 0 Å². The number of anilines is 2. The molecule has 2 atom stereocenters. The van der Waals surface area contributed by atoms with Crippen LogP contribution in [0.4, 0.5) is 11.4 Å². The largest absolute Gasteiger partial charge is 0.494 e. The van der Waals surface area contributed by atoms with Crippen molar-refractivity contribution in [2.75, 3.05) is 37.0 Å². The molecule has 9 heteroatoms. The zero-order chi connectivity index (χ0) is 19.7. The van der Waals surface area contributed by atoms with Gasteiger partial charge >= 0.3 is 0 Å². The standard InChI is InChI=1S/C20H25N5O3.ClH/c1-24-12-13(9-22-24)15-10-21-11-16(15)20(27)23-14-5-6-17(18(8-14)28-2)25-7-3-4-19(25)26;/h5-6,8-9,12,15-16,21H,3-4,7,10-11H2,1-2H3,(H,23,27);1H/t15-,16+;/m1./s1. The normalized spacial score (nSPS) is 21.2. The summed E-state index contributed by atoms with van der Waals surface area (Å²) in [5, 5.41) is 10.5. The molecular formula is C20H26ClN5O3. The number of hydrogen-bond donors (Lipinski definition) is 2. The van der Waals surface area contributed by atoms with Gasteiger partial charge in [-0.2, -0.15) is 5.10 Å². The number of methoxy groups -OCH3 is 1. The van der Waals surface area contributed by atoms with E-state index in [0.29, 0.717) is 30.9 Å². The van der Waals surface area contributed by atoms with Crippen LogP contribution in [0, 0.1) is 5.92 Å². The topological polar surface area (TPSA) is 88.5 Å². The van der Waals surface area contributed by atoms with Crippen LogP contribution < -0.4 is 20.3 Å². The Kier molecular flexibility index (Phi) is 6.44. The van der Waals surface area contributed by atoms with Crippen molar-refractivity contribution in [2.24, 2.45) is 13.0 Å². The number of aryl methyl sites for hydroxylation is 1. The molecule has 3 heterocycles. The number of halogens is 1. The Balaban J connectivity index is 0.00000240. The third-order valence-electron chi connectivity index (χ3n) is 5.52. The lowest BCUT2D eigenvalue weighted by Crippen LogP contribution is -2.28. The van der Waals surface area contributed by atoms with Crippen LogP contribution in [0.3, 0.4) is 0 Å². The number of nitrogens with one attached hydrogen (secondary N) is 2. The second-order valence-electron chi connectivity index (χ2n) is 7.34. The van der Waals surface area contributed by atoms with Crippen LogP contribution in [0.15, 0.2) is 30.6 Å². The molecule has 1 aromatic heterocycles. The van der Waals surface area contributed by atoms with Gasteiger partial charge in [-0.25, -0.2) is 0 Å². The molecule has 4 rings (SSSR count). The Morgan fingerprint density at radius 1 is 1.34 bits per heavy atom. The Hall–Kier alpha value is -2.58. The molecule has 0 radical (unpaired) electrons. The summed E-state index contributed by atoms with van der Waals surface area (Å²) < 4.78 is 7.23. The Morgan fingerprint density at radius 3 is 2.83 bits per heavy atom. The highest BCUT2D eigenvalue weighted by Gasteiger charge is 2.35. The van der Waals surface area contributed by atoms with E-state index in [4.69, 9.17) is 4.74 Å². The molecule has 29 heavy (non-hydrogen) atoms. The summed E-state index contributed by atoms with van der Waals surface area (Å²) in [6.45, 7) is 2.08. The van der Waals surface area contributed by atoms with E-state index in [0.717, 1.165) is 24.2 Å². The molecule has 1 aromatic carbocycles. The molecule has 2 amide bonds. The molecule has 0 saturated carbocycles. The predicted molar refractivity (Wildman–Crippen MR) is 113 cm³/mol. The molecule has 0 bridgehead atoms. The summed E-state index contributed by atoms with van der Waals surface area (Å²) in [6.07, 6.45) is 5.20. The number of nitrogens with zero attached hydrogens (tertiary/aromatic N) is 3. The highest BCUT2D eigenvalue weighted by Crippen LogP contribution is 2.35. The van der Waals surface area contributed by atoms with Gasteiger partial charge in [0.05, 0.1) is 24.9 Å². The first-order valence-electron chi connectivity index (χ1n) is 9.55. The first-order valence-corrected chi connectivity index (χ1v) is 9.55. The molecule has 2 aromatic rings. The first kappa shape index (κ1) is 21.1. The summed E-state index contributed by atoms with van der Waals surface area (Å²) in [5.74, 6) is 0.575. The molecule has 2 aliphatic heterocycles. The molecule has 0 aliphatic carbocycles. The predicted octanol–water partition coefficient (Wildman–Crippen LogP) is 1.92. The number of amides is 2. The highest BCUT2D eigenvalue weighted by molar-refractivity contribution is 5.98. The van der Waals surface area contributed by atoms with E-state index in [1.807, 2.05) is 31.6 Å². The van der Waals surface area contributed by atoms with E-state index in [-0.39, 0.29) is 36.1 Å². The van der Waals surface area contributed by atoms with Crippen molar-refractivity contribution in [2.45, 2.75) is 18.8 Å². The number of hydrogen-bond acceptors (Lipinski definition) is 5. The van der Waals surface area contributed by atoms with E-state index in [9.17, 15) is 9.59 Å². The van der Waals surface area contributed by atoms with Crippen LogP contribution in [-0.2, 0) is 16.6 Å². The van der Waals surface area contributed by atoms with Crippen molar-refractivity contribution in [3.63, 3.8) is 0 Å². The Morgan fingerprint density at radius 2 is 2.17 bits per heavy atom. The van der Waals surface area contributed by atoms with E-state index in [2.05, 4.69) is 15.7 Å². The minimum atomic E-state index is -0.171. The van der Waals surface area contributed by atoms with E-state index >= 15 is 0 Å². The van der Waals surface area contributed by atoms with Gasteiger partial charge in [0, 0.05) is 57.0 Å². The number of carbonyl (C=O) groups is 2. The minimum Gasteiger partial charge on any atom is -0.494 e. The summed E-state index contributed by atoms with van der Waals surface area (Å²) in [5.41, 5.74) is 2.47. The van der Waals surface area contributed by atoms with Crippen molar-refractivity contribution in [3.05, 3.63) is 36.2 Å². The lowest BCUT2D eigenvalue weighted by atomic mass is 9.90. The number of aromatic nitrogens is 2. The monoisotopic (exact) mass is 419 g/mol. The van der Waals surface area contributed by atoms with Crippen molar-refractivity contribution in [1.82, 2.24) is 15.1 Å². The fourth-order valence-corrected chi connectivity index (χ4v) is 4.05. The van der Waals surface area contributed by atoms with Gasteiger partial charge in [-0.05, 0) is 24.1 Å². The van der Waals surface area contributed by atoms with E-state index in [1.54, 1.807) is 22.8 Å². The molecular weight excluding hydrogens is 394 g/mol. The minimum absolute atomic E-state index is 0. The van der Waals surface area contributed by atoms with E-state index < -0.39 is 0 Å². The van der Waals surface area contributed by atoms with Crippen LogP contribution in [0.2, 0.25) is 0 Å². The second kappa shape index (κ2) is 8.84. The average Bonchev–Trinajstić information content (AvgIpc) is 3.42. The van der Waals surface area contributed by atoms with E-state index in [1.165, 1.54) is 0 Å². The first-order chi connectivity index (χ1) is 13.6. The lowest BCUT2D eigenvalue weighted by molar-refractivity contribution is -0.119. The number of rotatable bonds is 5. The lowest BCUT2D eigenvalue weighted by Gasteiger charge is -2.21. The maximum atomic E-state index is 12.9. The summed E-state index contributed by atoms with van der Waals surface area (Å²) in [7, 11) is 3.45. The van der Waals surface area contributed by atoms with Gasteiger partial charge in [0.2, 0.25) is 11.8 Å². The molecule has 0 unspecified atom stereocenters. The summed E-state index contributed by atoms with van der Waals surface area (Å²) in [6, 6.07) is 5.44.